The number of aromatic nitrogens is 1. The minimum absolute atomic E-state index is 0.718. The van der Waals surface area contributed by atoms with E-state index in [0.29, 0.717) is 0 Å². The first-order valence-electron chi connectivity index (χ1n) is 5.91. The Bertz CT molecular complexity index is 570. The van der Waals surface area contributed by atoms with Crippen molar-refractivity contribution in [3.05, 3.63) is 52.8 Å². The molecular formula is C15H17NO2. The summed E-state index contributed by atoms with van der Waals surface area (Å²) in [5.74, 6) is 0.873. The van der Waals surface area contributed by atoms with E-state index in [1.165, 1.54) is 0 Å². The third kappa shape index (κ3) is 2.16. The molecule has 3 nitrogen and oxygen atoms in total. The van der Waals surface area contributed by atoms with E-state index in [4.69, 9.17) is 4.74 Å². The molecule has 1 aromatic heterocycles. The summed E-state index contributed by atoms with van der Waals surface area (Å²) in [6, 6.07) is 9.85. The third-order valence-electron chi connectivity index (χ3n) is 3.26. The molecule has 0 atom stereocenters. The first-order valence-corrected chi connectivity index (χ1v) is 5.91. The monoisotopic (exact) mass is 243 g/mol. The molecule has 0 spiro atoms. The van der Waals surface area contributed by atoms with Gasteiger partial charge in [0.1, 0.15) is 5.75 Å². The Morgan fingerprint density at radius 1 is 1.28 bits per heavy atom. The number of hydrogen-bond donors (Lipinski definition) is 0. The van der Waals surface area contributed by atoms with Crippen molar-refractivity contribution in [1.82, 2.24) is 4.57 Å². The van der Waals surface area contributed by atoms with E-state index in [-0.39, 0.29) is 0 Å². The molecule has 0 saturated carbocycles. The largest absolute Gasteiger partial charge is 0.496 e. The van der Waals surface area contributed by atoms with Crippen LogP contribution in [-0.4, -0.2) is 18.0 Å². The maximum atomic E-state index is 10.9. The SMILES string of the molecule is COc1ccccc1Cn1c(C)cc(C=O)c1C. The molecule has 18 heavy (non-hydrogen) atoms. The highest BCUT2D eigenvalue weighted by Gasteiger charge is 2.10. The van der Waals surface area contributed by atoms with Crippen LogP contribution in [0.4, 0.5) is 0 Å². The van der Waals surface area contributed by atoms with E-state index in [2.05, 4.69) is 4.57 Å². The first kappa shape index (κ1) is 12.4. The van der Waals surface area contributed by atoms with Crippen LogP contribution in [0.2, 0.25) is 0 Å². The van der Waals surface area contributed by atoms with E-state index < -0.39 is 0 Å². The zero-order chi connectivity index (χ0) is 13.1. The molecular weight excluding hydrogens is 226 g/mol. The lowest BCUT2D eigenvalue weighted by Crippen LogP contribution is -2.05. The molecule has 94 valence electrons. The van der Waals surface area contributed by atoms with Gasteiger partial charge in [-0.25, -0.2) is 0 Å². The van der Waals surface area contributed by atoms with Gasteiger partial charge in [-0.05, 0) is 26.0 Å². The zero-order valence-electron chi connectivity index (χ0n) is 10.9. The Morgan fingerprint density at radius 3 is 2.61 bits per heavy atom. The van der Waals surface area contributed by atoms with Gasteiger partial charge in [-0.15, -0.1) is 0 Å². The van der Waals surface area contributed by atoms with Gasteiger partial charge in [0.05, 0.1) is 13.7 Å². The Hall–Kier alpha value is -2.03. The van der Waals surface area contributed by atoms with Crippen molar-refractivity contribution >= 4 is 6.29 Å². The molecule has 3 heteroatoms. The van der Waals surface area contributed by atoms with E-state index in [0.717, 1.165) is 41.1 Å². The Labute approximate surface area is 107 Å². The van der Waals surface area contributed by atoms with Gasteiger partial charge in [0, 0.05) is 22.5 Å². The number of aldehydes is 1. The molecule has 0 aliphatic carbocycles. The average Bonchev–Trinajstić information content (AvgIpc) is 2.66. The van der Waals surface area contributed by atoms with Crippen molar-refractivity contribution < 1.29 is 9.53 Å². The lowest BCUT2D eigenvalue weighted by Gasteiger charge is -2.12. The van der Waals surface area contributed by atoms with Crippen LogP contribution in [0.5, 0.6) is 5.75 Å². The fraction of sp³-hybridized carbons (Fsp3) is 0.267. The van der Waals surface area contributed by atoms with Crippen LogP contribution in [0.1, 0.15) is 27.3 Å². The van der Waals surface area contributed by atoms with E-state index in [1.807, 2.05) is 44.2 Å². The van der Waals surface area contributed by atoms with E-state index in [9.17, 15) is 4.79 Å². The van der Waals surface area contributed by atoms with Gasteiger partial charge in [0.2, 0.25) is 0 Å². The summed E-state index contributed by atoms with van der Waals surface area (Å²) in [5.41, 5.74) is 3.94. The average molecular weight is 243 g/mol. The number of nitrogens with zero attached hydrogens (tertiary/aromatic N) is 1. The lowest BCUT2D eigenvalue weighted by atomic mass is 10.2. The Morgan fingerprint density at radius 2 is 2.00 bits per heavy atom. The summed E-state index contributed by atoms with van der Waals surface area (Å²) < 4.78 is 7.47. The lowest BCUT2D eigenvalue weighted by molar-refractivity contribution is 0.112. The van der Waals surface area contributed by atoms with E-state index in [1.54, 1.807) is 7.11 Å². The van der Waals surface area contributed by atoms with Crippen LogP contribution < -0.4 is 4.74 Å². The molecule has 0 bridgehead atoms. The molecule has 2 rings (SSSR count). The number of carbonyl (C=O) groups excluding carboxylic acids is 1. The van der Waals surface area contributed by atoms with Gasteiger partial charge in [-0.2, -0.15) is 0 Å². The maximum Gasteiger partial charge on any atom is 0.151 e. The Balaban J connectivity index is 2.40. The predicted octanol–water partition coefficient (Wildman–Crippen LogP) is 2.97. The highest BCUT2D eigenvalue weighted by molar-refractivity contribution is 5.77. The molecule has 0 amide bonds. The molecule has 0 N–H and O–H groups in total. The number of benzene rings is 1. The fourth-order valence-corrected chi connectivity index (χ4v) is 2.19. The highest BCUT2D eigenvalue weighted by Crippen LogP contribution is 2.21. The summed E-state index contributed by atoms with van der Waals surface area (Å²) in [5, 5.41) is 0. The minimum Gasteiger partial charge on any atom is -0.496 e. The van der Waals surface area contributed by atoms with Crippen molar-refractivity contribution in [3.8, 4) is 5.75 Å². The van der Waals surface area contributed by atoms with Gasteiger partial charge in [0.15, 0.2) is 6.29 Å². The molecule has 2 aromatic rings. The molecule has 0 aliphatic heterocycles. The van der Waals surface area contributed by atoms with Gasteiger partial charge in [-0.3, -0.25) is 4.79 Å². The van der Waals surface area contributed by atoms with Crippen molar-refractivity contribution in [3.63, 3.8) is 0 Å². The van der Waals surface area contributed by atoms with Gasteiger partial charge >= 0.3 is 0 Å². The van der Waals surface area contributed by atoms with Crippen LogP contribution >= 0.6 is 0 Å². The second-order valence-corrected chi connectivity index (χ2v) is 4.34. The zero-order valence-corrected chi connectivity index (χ0v) is 10.9. The van der Waals surface area contributed by atoms with Crippen LogP contribution in [0.3, 0.4) is 0 Å². The smallest absolute Gasteiger partial charge is 0.151 e. The minimum atomic E-state index is 0.718. The summed E-state index contributed by atoms with van der Waals surface area (Å²) in [6.07, 6.45) is 0.904. The number of rotatable bonds is 4. The van der Waals surface area contributed by atoms with Crippen LogP contribution in [0.15, 0.2) is 30.3 Å². The molecule has 0 fully saturated rings. The van der Waals surface area contributed by atoms with Crippen LogP contribution in [0, 0.1) is 13.8 Å². The first-order chi connectivity index (χ1) is 8.67. The number of ether oxygens (including phenoxy) is 1. The highest BCUT2D eigenvalue weighted by atomic mass is 16.5. The summed E-state index contributed by atoms with van der Waals surface area (Å²) in [7, 11) is 1.67. The topological polar surface area (TPSA) is 31.2 Å². The normalized spacial score (nSPS) is 10.4. The summed E-state index contributed by atoms with van der Waals surface area (Å²) >= 11 is 0. The molecule has 0 saturated heterocycles. The summed E-state index contributed by atoms with van der Waals surface area (Å²) in [6.45, 7) is 4.69. The maximum absolute atomic E-state index is 10.9. The van der Waals surface area contributed by atoms with Gasteiger partial charge in [-0.1, -0.05) is 18.2 Å². The van der Waals surface area contributed by atoms with Crippen molar-refractivity contribution in [2.75, 3.05) is 7.11 Å². The van der Waals surface area contributed by atoms with Crippen molar-refractivity contribution in [2.45, 2.75) is 20.4 Å². The molecule has 0 unspecified atom stereocenters. The third-order valence-corrected chi connectivity index (χ3v) is 3.26. The number of para-hydroxylation sites is 1. The standard InChI is InChI=1S/C15H17NO2/c1-11-8-14(10-17)12(2)16(11)9-13-6-4-5-7-15(13)18-3/h4-8,10H,9H2,1-3H3. The number of methoxy groups -OCH3 is 1. The van der Waals surface area contributed by atoms with Crippen molar-refractivity contribution in [2.24, 2.45) is 0 Å². The number of aryl methyl sites for hydroxylation is 1. The quantitative estimate of drug-likeness (QED) is 0.773. The second-order valence-electron chi connectivity index (χ2n) is 4.34. The van der Waals surface area contributed by atoms with Crippen LogP contribution in [0.25, 0.3) is 0 Å². The predicted molar refractivity (Wildman–Crippen MR) is 71.4 cm³/mol. The number of hydrogen-bond acceptors (Lipinski definition) is 2. The van der Waals surface area contributed by atoms with Crippen LogP contribution in [-0.2, 0) is 6.54 Å². The molecule has 1 heterocycles. The van der Waals surface area contributed by atoms with Gasteiger partial charge in [0.25, 0.3) is 0 Å². The van der Waals surface area contributed by atoms with E-state index >= 15 is 0 Å². The molecule has 0 radical (unpaired) electrons. The fourth-order valence-electron chi connectivity index (χ4n) is 2.19. The van der Waals surface area contributed by atoms with Gasteiger partial charge < -0.3 is 9.30 Å². The molecule has 0 aliphatic rings. The Kier molecular flexibility index (Phi) is 3.51. The van der Waals surface area contributed by atoms with Crippen molar-refractivity contribution in [1.29, 1.82) is 0 Å². The second kappa shape index (κ2) is 5.08. The molecule has 1 aromatic carbocycles. The summed E-state index contributed by atoms with van der Waals surface area (Å²) in [4.78, 5) is 10.9. The number of carbonyl (C=O) groups is 1.